The zero-order chi connectivity index (χ0) is 12.3. The predicted octanol–water partition coefficient (Wildman–Crippen LogP) is 3.60. The molecule has 1 aromatic rings. The normalized spacial score (nSPS) is 17.8. The Morgan fingerprint density at radius 2 is 1.94 bits per heavy atom. The molecule has 0 spiro atoms. The van der Waals surface area contributed by atoms with Crippen LogP contribution < -0.4 is 5.73 Å². The molecular weight excluding hydrogens is 252 g/mol. The molecule has 1 saturated carbocycles. The molecule has 1 aromatic carbocycles. The van der Waals surface area contributed by atoms with Crippen LogP contribution in [0.5, 0.6) is 0 Å². The second kappa shape index (κ2) is 6.71. The van der Waals surface area contributed by atoms with E-state index in [2.05, 4.69) is 0 Å². The lowest BCUT2D eigenvalue weighted by Crippen LogP contribution is -2.23. The lowest BCUT2D eigenvalue weighted by Gasteiger charge is -2.27. The zero-order valence-corrected chi connectivity index (χ0v) is 11.1. The van der Waals surface area contributed by atoms with E-state index in [1.165, 1.54) is 25.3 Å². The number of benzene rings is 1. The van der Waals surface area contributed by atoms with E-state index < -0.39 is 0 Å². The molecular formula is C13H19ClN2O2. The van der Waals surface area contributed by atoms with Crippen LogP contribution in [0.2, 0.25) is 0 Å². The van der Waals surface area contributed by atoms with Crippen LogP contribution in [0.15, 0.2) is 24.3 Å². The minimum absolute atomic E-state index is 0. The number of nitrogens with zero attached hydrogens (tertiary/aromatic N) is 1. The monoisotopic (exact) mass is 270 g/mol. The van der Waals surface area contributed by atoms with Crippen LogP contribution in [-0.2, 0) is 0 Å². The summed E-state index contributed by atoms with van der Waals surface area (Å²) in [5, 5.41) is 10.7. The van der Waals surface area contributed by atoms with Gasteiger partial charge in [0.25, 0.3) is 5.69 Å². The molecule has 1 aliphatic rings. The fourth-order valence-electron chi connectivity index (χ4n) is 2.61. The van der Waals surface area contributed by atoms with Crippen molar-refractivity contribution in [1.29, 1.82) is 0 Å². The van der Waals surface area contributed by atoms with Gasteiger partial charge in [-0.2, -0.15) is 0 Å². The zero-order valence-electron chi connectivity index (χ0n) is 10.2. The summed E-state index contributed by atoms with van der Waals surface area (Å²) in [6, 6.07) is 6.67. The molecule has 0 aromatic heterocycles. The highest BCUT2D eigenvalue weighted by Crippen LogP contribution is 2.33. The molecule has 1 atom stereocenters. The van der Waals surface area contributed by atoms with Crippen molar-refractivity contribution in [3.05, 3.63) is 39.9 Å². The molecule has 18 heavy (non-hydrogen) atoms. The van der Waals surface area contributed by atoms with Crippen molar-refractivity contribution in [1.82, 2.24) is 0 Å². The maximum atomic E-state index is 10.7. The van der Waals surface area contributed by atoms with E-state index in [1.807, 2.05) is 6.07 Å². The molecule has 1 fully saturated rings. The summed E-state index contributed by atoms with van der Waals surface area (Å²) >= 11 is 0. The molecule has 5 heteroatoms. The first-order valence-electron chi connectivity index (χ1n) is 6.18. The van der Waals surface area contributed by atoms with Gasteiger partial charge in [0.05, 0.1) is 4.92 Å². The number of non-ortho nitro benzene ring substituents is 1. The van der Waals surface area contributed by atoms with Crippen molar-refractivity contribution in [2.24, 2.45) is 11.7 Å². The maximum absolute atomic E-state index is 10.7. The Balaban J connectivity index is 0.00000162. The van der Waals surface area contributed by atoms with Gasteiger partial charge in [-0.25, -0.2) is 0 Å². The van der Waals surface area contributed by atoms with Crippen LogP contribution in [0.3, 0.4) is 0 Å². The maximum Gasteiger partial charge on any atom is 0.269 e. The van der Waals surface area contributed by atoms with E-state index in [9.17, 15) is 10.1 Å². The Kier molecular flexibility index (Phi) is 5.56. The first-order valence-corrected chi connectivity index (χ1v) is 6.18. The third-order valence-corrected chi connectivity index (χ3v) is 3.62. The Bertz CT molecular complexity index is 406. The molecule has 100 valence electrons. The van der Waals surface area contributed by atoms with Crippen LogP contribution in [0.25, 0.3) is 0 Å². The molecule has 0 heterocycles. The van der Waals surface area contributed by atoms with Crippen molar-refractivity contribution in [3.63, 3.8) is 0 Å². The molecule has 0 bridgehead atoms. The van der Waals surface area contributed by atoms with Crippen LogP contribution in [0, 0.1) is 16.0 Å². The standard InChI is InChI=1S/C13H18N2O2.ClH/c14-13(10-5-2-1-3-6-10)11-7-4-8-12(9-11)15(16)17;/h4,7-10,13H,1-3,5-6,14H2;1H/t13-;/m1./s1. The number of nitro benzene ring substituents is 1. The van der Waals surface area contributed by atoms with Gasteiger partial charge in [0.2, 0.25) is 0 Å². The van der Waals surface area contributed by atoms with Gasteiger partial charge in [0.15, 0.2) is 0 Å². The molecule has 4 nitrogen and oxygen atoms in total. The van der Waals surface area contributed by atoms with Gasteiger partial charge in [-0.1, -0.05) is 31.4 Å². The Morgan fingerprint density at radius 3 is 2.56 bits per heavy atom. The third-order valence-electron chi connectivity index (χ3n) is 3.62. The van der Waals surface area contributed by atoms with Crippen molar-refractivity contribution >= 4 is 18.1 Å². The summed E-state index contributed by atoms with van der Waals surface area (Å²) in [6.07, 6.45) is 6.03. The van der Waals surface area contributed by atoms with Gasteiger partial charge in [0, 0.05) is 18.2 Å². The quantitative estimate of drug-likeness (QED) is 0.674. The average Bonchev–Trinajstić information content (AvgIpc) is 2.39. The van der Waals surface area contributed by atoms with Crippen molar-refractivity contribution in [2.45, 2.75) is 38.1 Å². The second-order valence-electron chi connectivity index (χ2n) is 4.78. The van der Waals surface area contributed by atoms with Crippen LogP contribution in [-0.4, -0.2) is 4.92 Å². The van der Waals surface area contributed by atoms with E-state index in [4.69, 9.17) is 5.73 Å². The van der Waals surface area contributed by atoms with E-state index in [-0.39, 0.29) is 29.1 Å². The SMILES string of the molecule is Cl.N[C@@H](c1cccc([N+](=O)[O-])c1)C1CCCCC1. The summed E-state index contributed by atoms with van der Waals surface area (Å²) in [5.74, 6) is 0.478. The topological polar surface area (TPSA) is 69.2 Å². The summed E-state index contributed by atoms with van der Waals surface area (Å²) in [4.78, 5) is 10.4. The molecule has 0 saturated heterocycles. The van der Waals surface area contributed by atoms with Crippen molar-refractivity contribution in [2.75, 3.05) is 0 Å². The summed E-state index contributed by atoms with van der Waals surface area (Å²) in [7, 11) is 0. The predicted molar refractivity (Wildman–Crippen MR) is 73.8 cm³/mol. The van der Waals surface area contributed by atoms with E-state index >= 15 is 0 Å². The smallest absolute Gasteiger partial charge is 0.269 e. The van der Waals surface area contributed by atoms with E-state index in [1.54, 1.807) is 12.1 Å². The molecule has 1 aliphatic carbocycles. The number of hydrogen-bond acceptors (Lipinski definition) is 3. The fraction of sp³-hybridized carbons (Fsp3) is 0.538. The number of rotatable bonds is 3. The second-order valence-corrected chi connectivity index (χ2v) is 4.78. The van der Waals surface area contributed by atoms with Gasteiger partial charge >= 0.3 is 0 Å². The number of hydrogen-bond donors (Lipinski definition) is 1. The van der Waals surface area contributed by atoms with Crippen LogP contribution >= 0.6 is 12.4 Å². The van der Waals surface area contributed by atoms with Gasteiger partial charge < -0.3 is 5.73 Å². The Labute approximate surface area is 113 Å². The molecule has 0 unspecified atom stereocenters. The largest absolute Gasteiger partial charge is 0.324 e. The van der Waals surface area contributed by atoms with Crippen molar-refractivity contribution < 1.29 is 4.92 Å². The van der Waals surface area contributed by atoms with Gasteiger partial charge in [-0.05, 0) is 24.3 Å². The third kappa shape index (κ3) is 3.43. The first-order chi connectivity index (χ1) is 8.18. The van der Waals surface area contributed by atoms with Crippen molar-refractivity contribution in [3.8, 4) is 0 Å². The van der Waals surface area contributed by atoms with E-state index in [0.717, 1.165) is 18.4 Å². The molecule has 0 amide bonds. The lowest BCUT2D eigenvalue weighted by atomic mass is 9.81. The molecule has 2 N–H and O–H groups in total. The van der Waals surface area contributed by atoms with Gasteiger partial charge in [0.1, 0.15) is 0 Å². The molecule has 0 radical (unpaired) electrons. The minimum atomic E-state index is -0.364. The van der Waals surface area contributed by atoms with Crippen LogP contribution in [0.4, 0.5) is 5.69 Å². The Hall–Kier alpha value is -1.13. The summed E-state index contributed by atoms with van der Waals surface area (Å²) in [5.41, 5.74) is 7.24. The first kappa shape index (κ1) is 14.9. The van der Waals surface area contributed by atoms with Gasteiger partial charge in [-0.3, -0.25) is 10.1 Å². The highest BCUT2D eigenvalue weighted by Gasteiger charge is 2.22. The average molecular weight is 271 g/mol. The molecule has 2 rings (SSSR count). The number of nitro groups is 1. The molecule has 0 aliphatic heterocycles. The highest BCUT2D eigenvalue weighted by molar-refractivity contribution is 5.85. The Morgan fingerprint density at radius 1 is 1.28 bits per heavy atom. The fourth-order valence-corrected chi connectivity index (χ4v) is 2.61. The minimum Gasteiger partial charge on any atom is -0.324 e. The van der Waals surface area contributed by atoms with Crippen LogP contribution in [0.1, 0.15) is 43.7 Å². The summed E-state index contributed by atoms with van der Waals surface area (Å²) in [6.45, 7) is 0. The highest BCUT2D eigenvalue weighted by atomic mass is 35.5. The number of nitrogens with two attached hydrogens (primary N) is 1. The summed E-state index contributed by atoms with van der Waals surface area (Å²) < 4.78 is 0. The van der Waals surface area contributed by atoms with Gasteiger partial charge in [-0.15, -0.1) is 12.4 Å². The number of halogens is 1. The van der Waals surface area contributed by atoms with E-state index in [0.29, 0.717) is 5.92 Å². The lowest BCUT2D eigenvalue weighted by molar-refractivity contribution is -0.384.